The molecule has 0 amide bonds. The molecule has 1 nitrogen and oxygen atoms in total. The molecule has 52 valence electrons. The zero-order valence-electron chi connectivity index (χ0n) is 5.60. The third kappa shape index (κ3) is 1.80. The summed E-state index contributed by atoms with van der Waals surface area (Å²) in [5.74, 6) is 0.822. The van der Waals surface area contributed by atoms with Crippen molar-refractivity contribution in [2.24, 2.45) is 0 Å². The molecular formula is C7H7ClOSn. The van der Waals surface area contributed by atoms with Gasteiger partial charge in [-0.25, -0.2) is 0 Å². The van der Waals surface area contributed by atoms with Crippen LogP contribution in [-0.4, -0.2) is 29.6 Å². The molecule has 0 bridgehead atoms. The Morgan fingerprint density at radius 1 is 1.50 bits per heavy atom. The van der Waals surface area contributed by atoms with E-state index in [1.165, 1.54) is 3.58 Å². The summed E-state index contributed by atoms with van der Waals surface area (Å²) in [5, 5.41) is 0.807. The van der Waals surface area contributed by atoms with Crippen LogP contribution in [-0.2, 0) is 0 Å². The van der Waals surface area contributed by atoms with Gasteiger partial charge in [-0.15, -0.1) is 0 Å². The molecule has 0 saturated heterocycles. The van der Waals surface area contributed by atoms with E-state index in [0.29, 0.717) is 0 Å². The Balaban J connectivity index is 3.04. The second kappa shape index (κ2) is 3.49. The molecule has 1 rings (SSSR count). The maximum atomic E-state index is 5.85. The van der Waals surface area contributed by atoms with Crippen LogP contribution in [0.3, 0.4) is 0 Å². The molecule has 0 heterocycles. The van der Waals surface area contributed by atoms with Gasteiger partial charge in [0.25, 0.3) is 0 Å². The van der Waals surface area contributed by atoms with Crippen LogP contribution >= 0.6 is 11.6 Å². The first-order valence-corrected chi connectivity index (χ1v) is 4.85. The minimum atomic E-state index is 0.807. The zero-order chi connectivity index (χ0) is 7.56. The SMILES string of the molecule is COc1cc[c]([SnH])c(Cl)c1. The van der Waals surface area contributed by atoms with Crippen molar-refractivity contribution in [1.29, 1.82) is 0 Å². The summed E-state index contributed by atoms with van der Waals surface area (Å²) in [7, 11) is 1.64. The molecule has 0 aliphatic carbocycles. The van der Waals surface area contributed by atoms with E-state index in [1.54, 1.807) is 7.11 Å². The van der Waals surface area contributed by atoms with Crippen LogP contribution in [0.2, 0.25) is 5.02 Å². The van der Waals surface area contributed by atoms with Gasteiger partial charge in [-0.3, -0.25) is 0 Å². The summed E-state index contributed by atoms with van der Waals surface area (Å²) in [6, 6.07) is 5.75. The van der Waals surface area contributed by atoms with E-state index in [9.17, 15) is 0 Å². The molecule has 0 aliphatic heterocycles. The van der Waals surface area contributed by atoms with E-state index in [4.69, 9.17) is 16.3 Å². The first kappa shape index (κ1) is 8.21. The van der Waals surface area contributed by atoms with Crippen LogP contribution in [0.1, 0.15) is 0 Å². The molecule has 3 heteroatoms. The molecule has 10 heavy (non-hydrogen) atoms. The quantitative estimate of drug-likeness (QED) is 0.682. The van der Waals surface area contributed by atoms with Crippen LogP contribution < -0.4 is 8.32 Å². The van der Waals surface area contributed by atoms with E-state index in [2.05, 4.69) is 0 Å². The summed E-state index contributed by atoms with van der Waals surface area (Å²) in [5.41, 5.74) is 0. The Kier molecular flexibility index (Phi) is 2.86. The summed E-state index contributed by atoms with van der Waals surface area (Å²) in [6.07, 6.45) is 0. The van der Waals surface area contributed by atoms with E-state index >= 15 is 0 Å². The molecule has 0 fully saturated rings. The predicted octanol–water partition coefficient (Wildman–Crippen LogP) is 0.875. The molecule has 0 unspecified atom stereocenters. The van der Waals surface area contributed by atoms with Gasteiger partial charge in [0.1, 0.15) is 0 Å². The van der Waals surface area contributed by atoms with Gasteiger partial charge in [0.05, 0.1) is 0 Å². The fourth-order valence-corrected chi connectivity index (χ4v) is 1.32. The molecular weight excluding hydrogens is 254 g/mol. The molecule has 0 atom stereocenters. The summed E-state index contributed by atoms with van der Waals surface area (Å²) >= 11 is 6.90. The molecule has 1 aromatic carbocycles. The van der Waals surface area contributed by atoms with Gasteiger partial charge in [0.15, 0.2) is 0 Å². The van der Waals surface area contributed by atoms with E-state index < -0.39 is 0 Å². The average Bonchev–Trinajstić information content (AvgIpc) is 1.95. The number of benzene rings is 1. The van der Waals surface area contributed by atoms with Crippen molar-refractivity contribution in [3.8, 4) is 5.75 Å². The second-order valence-electron chi connectivity index (χ2n) is 1.89. The minimum absolute atomic E-state index is 0.807. The molecule has 0 N–H and O–H groups in total. The van der Waals surface area contributed by atoms with Gasteiger partial charge in [0.2, 0.25) is 0 Å². The zero-order valence-corrected chi connectivity index (χ0v) is 9.65. The van der Waals surface area contributed by atoms with Gasteiger partial charge in [-0.1, -0.05) is 0 Å². The van der Waals surface area contributed by atoms with Crippen molar-refractivity contribution in [1.82, 2.24) is 0 Å². The monoisotopic (exact) mass is 262 g/mol. The normalized spacial score (nSPS) is 9.50. The third-order valence-electron chi connectivity index (χ3n) is 1.21. The Hall–Kier alpha value is 0.109. The van der Waals surface area contributed by atoms with Crippen molar-refractivity contribution in [2.75, 3.05) is 7.11 Å². The Morgan fingerprint density at radius 3 is 2.70 bits per heavy atom. The number of hydrogen-bond acceptors (Lipinski definition) is 1. The van der Waals surface area contributed by atoms with Crippen LogP contribution in [0.4, 0.5) is 0 Å². The van der Waals surface area contributed by atoms with E-state index in [0.717, 1.165) is 33.3 Å². The topological polar surface area (TPSA) is 9.23 Å². The van der Waals surface area contributed by atoms with Crippen LogP contribution in [0.15, 0.2) is 18.2 Å². The Bertz CT molecular complexity index is 237. The Labute approximate surface area is 78.4 Å². The fourth-order valence-electron chi connectivity index (χ4n) is 0.635. The average molecular weight is 261 g/mol. The van der Waals surface area contributed by atoms with Gasteiger partial charge < -0.3 is 0 Å². The summed E-state index contributed by atoms with van der Waals surface area (Å²) in [6.45, 7) is 0. The van der Waals surface area contributed by atoms with Gasteiger partial charge in [-0.05, 0) is 0 Å². The first-order chi connectivity index (χ1) is 4.74. The van der Waals surface area contributed by atoms with Crippen molar-refractivity contribution < 1.29 is 4.74 Å². The summed E-state index contributed by atoms with van der Waals surface area (Å²) < 4.78 is 6.18. The van der Waals surface area contributed by atoms with Crippen molar-refractivity contribution >= 4 is 37.7 Å². The molecule has 1 aromatic rings. The van der Waals surface area contributed by atoms with Gasteiger partial charge >= 0.3 is 78.5 Å². The molecule has 2 radical (unpaired) electrons. The van der Waals surface area contributed by atoms with Gasteiger partial charge in [0, 0.05) is 0 Å². The predicted molar refractivity (Wildman–Crippen MR) is 44.8 cm³/mol. The Morgan fingerprint density at radius 2 is 2.20 bits per heavy atom. The molecule has 0 aromatic heterocycles. The van der Waals surface area contributed by atoms with E-state index in [-0.39, 0.29) is 0 Å². The van der Waals surface area contributed by atoms with Crippen molar-refractivity contribution in [3.63, 3.8) is 0 Å². The standard InChI is InChI=1S/C7H6ClO.Sn.H/c1-9-7-4-2-3-6(8)5-7;;/h2,4-5H,1H3;;. The fraction of sp³-hybridized carbons (Fsp3) is 0.143. The second-order valence-corrected chi connectivity index (χ2v) is 4.07. The van der Waals surface area contributed by atoms with Gasteiger partial charge in [-0.2, -0.15) is 0 Å². The molecule has 0 spiro atoms. The number of ether oxygens (including phenoxy) is 1. The van der Waals surface area contributed by atoms with Crippen molar-refractivity contribution in [2.45, 2.75) is 0 Å². The van der Waals surface area contributed by atoms with Crippen LogP contribution in [0.25, 0.3) is 0 Å². The summed E-state index contributed by atoms with van der Waals surface area (Å²) in [4.78, 5) is 0. The number of hydrogen-bond donors (Lipinski definition) is 0. The van der Waals surface area contributed by atoms with E-state index in [1.807, 2.05) is 18.2 Å². The van der Waals surface area contributed by atoms with Crippen LogP contribution in [0, 0.1) is 0 Å². The molecule has 0 aliphatic rings. The maximum absolute atomic E-state index is 5.85. The van der Waals surface area contributed by atoms with Crippen molar-refractivity contribution in [3.05, 3.63) is 23.2 Å². The number of halogens is 1. The first-order valence-electron chi connectivity index (χ1n) is 2.83. The molecule has 0 saturated carbocycles. The third-order valence-corrected chi connectivity index (χ3v) is 3.49. The van der Waals surface area contributed by atoms with Crippen LogP contribution in [0.5, 0.6) is 5.75 Å². The number of rotatable bonds is 1. The number of methoxy groups -OCH3 is 1.